The minimum Gasteiger partial charge on any atom is -0.478 e. The van der Waals surface area contributed by atoms with Crippen molar-refractivity contribution in [2.45, 2.75) is 55.5 Å². The third kappa shape index (κ3) is 4.88. The number of aromatic carboxylic acids is 1. The predicted molar refractivity (Wildman–Crippen MR) is 114 cm³/mol. The van der Waals surface area contributed by atoms with Crippen molar-refractivity contribution in [2.75, 3.05) is 0 Å². The summed E-state index contributed by atoms with van der Waals surface area (Å²) in [5.41, 5.74) is 2.65. The summed E-state index contributed by atoms with van der Waals surface area (Å²) in [6, 6.07) is 18.0. The number of thioether (sulfide) groups is 1. The summed E-state index contributed by atoms with van der Waals surface area (Å²) in [5, 5.41) is 19.1. The van der Waals surface area contributed by atoms with E-state index in [1.165, 1.54) is 37.7 Å². The van der Waals surface area contributed by atoms with Crippen molar-refractivity contribution in [3.63, 3.8) is 0 Å². The molecule has 1 saturated carbocycles. The van der Waals surface area contributed by atoms with Crippen molar-refractivity contribution < 1.29 is 9.90 Å². The number of rotatable bonds is 7. The number of carbonyl (C=O) groups is 1. The van der Waals surface area contributed by atoms with Gasteiger partial charge in [-0.05, 0) is 36.1 Å². The Hall–Kier alpha value is -2.60. The van der Waals surface area contributed by atoms with Crippen LogP contribution in [0.4, 0.5) is 0 Å². The normalized spacial score (nSPS) is 14.8. The number of carboxylic acids is 1. The van der Waals surface area contributed by atoms with Gasteiger partial charge in [-0.25, -0.2) is 4.79 Å². The molecule has 150 valence electrons. The maximum Gasteiger partial charge on any atom is 0.335 e. The second-order valence-corrected chi connectivity index (χ2v) is 8.46. The highest BCUT2D eigenvalue weighted by molar-refractivity contribution is 7.98. The molecule has 0 radical (unpaired) electrons. The Morgan fingerprint density at radius 3 is 2.38 bits per heavy atom. The van der Waals surface area contributed by atoms with E-state index in [0.717, 1.165) is 28.7 Å². The SMILES string of the molecule is O=C(O)c1ccc(CSc2nnc(Cc3ccccc3)n2C2CCCCC2)cc1. The summed E-state index contributed by atoms with van der Waals surface area (Å²) in [6.45, 7) is 0. The molecule has 29 heavy (non-hydrogen) atoms. The van der Waals surface area contributed by atoms with Crippen LogP contribution in [0.15, 0.2) is 59.8 Å². The average molecular weight is 408 g/mol. The van der Waals surface area contributed by atoms with Gasteiger partial charge in [-0.3, -0.25) is 0 Å². The number of aromatic nitrogens is 3. The van der Waals surface area contributed by atoms with E-state index in [1.807, 2.05) is 18.2 Å². The molecule has 0 saturated heterocycles. The van der Waals surface area contributed by atoms with Gasteiger partial charge in [-0.2, -0.15) is 0 Å². The molecule has 1 heterocycles. The minimum absolute atomic E-state index is 0.314. The van der Waals surface area contributed by atoms with Gasteiger partial charge in [0.1, 0.15) is 5.82 Å². The molecule has 0 atom stereocenters. The molecule has 5 nitrogen and oxygen atoms in total. The summed E-state index contributed by atoms with van der Waals surface area (Å²) in [7, 11) is 0. The zero-order chi connectivity index (χ0) is 20.1. The van der Waals surface area contributed by atoms with E-state index in [4.69, 9.17) is 5.11 Å². The lowest BCUT2D eigenvalue weighted by molar-refractivity contribution is 0.0697. The quantitative estimate of drug-likeness (QED) is 0.534. The lowest BCUT2D eigenvalue weighted by Crippen LogP contribution is -2.17. The molecule has 3 aromatic rings. The van der Waals surface area contributed by atoms with E-state index < -0.39 is 5.97 Å². The van der Waals surface area contributed by atoms with E-state index in [9.17, 15) is 4.79 Å². The van der Waals surface area contributed by atoms with Gasteiger partial charge in [0.2, 0.25) is 0 Å². The Kier molecular flexibility index (Phi) is 6.30. The number of hydrogen-bond donors (Lipinski definition) is 1. The summed E-state index contributed by atoms with van der Waals surface area (Å²) in [6.07, 6.45) is 6.98. The highest BCUT2D eigenvalue weighted by Crippen LogP contribution is 2.34. The van der Waals surface area contributed by atoms with Crippen molar-refractivity contribution in [3.8, 4) is 0 Å². The molecule has 6 heteroatoms. The molecule has 1 N–H and O–H groups in total. The van der Waals surface area contributed by atoms with E-state index in [-0.39, 0.29) is 0 Å². The smallest absolute Gasteiger partial charge is 0.335 e. The molecule has 4 rings (SSSR count). The molecule has 2 aromatic carbocycles. The van der Waals surface area contributed by atoms with Crippen molar-refractivity contribution in [1.29, 1.82) is 0 Å². The van der Waals surface area contributed by atoms with Crippen molar-refractivity contribution in [2.24, 2.45) is 0 Å². The monoisotopic (exact) mass is 407 g/mol. The Balaban J connectivity index is 1.54. The van der Waals surface area contributed by atoms with Crippen LogP contribution < -0.4 is 0 Å². The van der Waals surface area contributed by atoms with Crippen LogP contribution >= 0.6 is 11.8 Å². The van der Waals surface area contributed by atoms with Crippen molar-refractivity contribution in [1.82, 2.24) is 14.8 Å². The molecule has 0 bridgehead atoms. The second-order valence-electron chi connectivity index (χ2n) is 7.51. The van der Waals surface area contributed by atoms with E-state index in [2.05, 4.69) is 39.0 Å². The standard InChI is InChI=1S/C23H25N3O2S/c27-22(28)19-13-11-18(12-14-19)16-29-23-25-24-21(15-17-7-3-1-4-8-17)26(23)20-9-5-2-6-10-20/h1,3-4,7-8,11-14,20H,2,5-6,9-10,15-16H2,(H,27,28). The maximum atomic E-state index is 11.0. The summed E-state index contributed by atoms with van der Waals surface area (Å²) in [4.78, 5) is 11.0. The van der Waals surface area contributed by atoms with Crippen LogP contribution in [0.5, 0.6) is 0 Å². The lowest BCUT2D eigenvalue weighted by Gasteiger charge is -2.25. The number of benzene rings is 2. The molecule has 1 aliphatic rings. The first-order chi connectivity index (χ1) is 14.2. The predicted octanol–water partition coefficient (Wildman–Crippen LogP) is 5.36. The van der Waals surface area contributed by atoms with E-state index >= 15 is 0 Å². The first-order valence-corrected chi connectivity index (χ1v) is 11.1. The highest BCUT2D eigenvalue weighted by Gasteiger charge is 2.23. The highest BCUT2D eigenvalue weighted by atomic mass is 32.2. The topological polar surface area (TPSA) is 68.0 Å². The largest absolute Gasteiger partial charge is 0.478 e. The van der Waals surface area contributed by atoms with Gasteiger partial charge in [-0.1, -0.05) is 73.5 Å². The second kappa shape index (κ2) is 9.27. The van der Waals surface area contributed by atoms with Crippen LogP contribution in [0.25, 0.3) is 0 Å². The molecular weight excluding hydrogens is 382 g/mol. The molecule has 1 fully saturated rings. The molecule has 0 spiro atoms. The third-order valence-electron chi connectivity index (χ3n) is 5.45. The van der Waals surface area contributed by atoms with Crippen molar-refractivity contribution >= 4 is 17.7 Å². The molecule has 0 amide bonds. The molecule has 0 aliphatic heterocycles. The number of carboxylic acid groups (broad SMARTS) is 1. The van der Waals surface area contributed by atoms with Crippen LogP contribution in [-0.4, -0.2) is 25.8 Å². The van der Waals surface area contributed by atoms with Crippen LogP contribution in [0.1, 0.15) is 65.5 Å². The van der Waals surface area contributed by atoms with Gasteiger partial charge in [0, 0.05) is 18.2 Å². The number of nitrogens with zero attached hydrogens (tertiary/aromatic N) is 3. The van der Waals surface area contributed by atoms with Gasteiger partial charge < -0.3 is 9.67 Å². The fourth-order valence-corrected chi connectivity index (χ4v) is 4.88. The molecular formula is C23H25N3O2S. The van der Waals surface area contributed by atoms with Gasteiger partial charge in [-0.15, -0.1) is 10.2 Å². The van der Waals surface area contributed by atoms with E-state index in [0.29, 0.717) is 11.6 Å². The Labute approximate surface area is 175 Å². The minimum atomic E-state index is -0.896. The lowest BCUT2D eigenvalue weighted by atomic mass is 9.95. The Morgan fingerprint density at radius 1 is 0.966 bits per heavy atom. The van der Waals surface area contributed by atoms with Gasteiger partial charge in [0.25, 0.3) is 0 Å². The first kappa shape index (κ1) is 19.7. The fourth-order valence-electron chi connectivity index (χ4n) is 3.90. The van der Waals surface area contributed by atoms with Crippen LogP contribution in [-0.2, 0) is 12.2 Å². The van der Waals surface area contributed by atoms with Crippen LogP contribution in [0, 0.1) is 0 Å². The number of hydrogen-bond acceptors (Lipinski definition) is 4. The fraction of sp³-hybridized carbons (Fsp3) is 0.348. The van der Waals surface area contributed by atoms with Crippen LogP contribution in [0.2, 0.25) is 0 Å². The van der Waals surface area contributed by atoms with E-state index in [1.54, 1.807) is 23.9 Å². The zero-order valence-corrected chi connectivity index (χ0v) is 17.1. The van der Waals surface area contributed by atoms with Gasteiger partial charge in [0.05, 0.1) is 5.56 Å². The van der Waals surface area contributed by atoms with Gasteiger partial charge >= 0.3 is 5.97 Å². The summed E-state index contributed by atoms with van der Waals surface area (Å²) in [5.74, 6) is 0.884. The summed E-state index contributed by atoms with van der Waals surface area (Å²) >= 11 is 1.68. The molecule has 0 unspecified atom stereocenters. The average Bonchev–Trinajstić information content (AvgIpc) is 3.16. The zero-order valence-electron chi connectivity index (χ0n) is 16.3. The van der Waals surface area contributed by atoms with Crippen LogP contribution in [0.3, 0.4) is 0 Å². The first-order valence-electron chi connectivity index (χ1n) is 10.1. The molecule has 1 aromatic heterocycles. The molecule has 1 aliphatic carbocycles. The Bertz CT molecular complexity index is 948. The maximum absolute atomic E-state index is 11.0. The van der Waals surface area contributed by atoms with Crippen molar-refractivity contribution in [3.05, 3.63) is 77.1 Å². The van der Waals surface area contributed by atoms with Gasteiger partial charge in [0.15, 0.2) is 5.16 Å². The third-order valence-corrected chi connectivity index (χ3v) is 6.46. The summed E-state index contributed by atoms with van der Waals surface area (Å²) < 4.78 is 2.36. The Morgan fingerprint density at radius 2 is 1.69 bits per heavy atom.